The Bertz CT molecular complexity index is 746. The first-order valence-corrected chi connectivity index (χ1v) is 8.31. The predicted octanol–water partition coefficient (Wildman–Crippen LogP) is 2.45. The molecule has 0 saturated carbocycles. The number of halogens is 2. The van der Waals surface area contributed by atoms with E-state index in [2.05, 4.69) is 14.9 Å². The van der Waals surface area contributed by atoms with Crippen LogP contribution in [0, 0.1) is 6.92 Å². The van der Waals surface area contributed by atoms with Crippen LogP contribution in [0.1, 0.15) is 10.6 Å². The van der Waals surface area contributed by atoms with Gasteiger partial charge in [0.25, 0.3) is 10.0 Å². The summed E-state index contributed by atoms with van der Waals surface area (Å²) >= 11 is 12.8. The monoisotopic (exact) mass is 353 g/mol. The number of sulfonamides is 1. The Morgan fingerprint density at radius 1 is 1.30 bits per heavy atom. The summed E-state index contributed by atoms with van der Waals surface area (Å²) in [6, 6.07) is 2.50. The van der Waals surface area contributed by atoms with E-state index < -0.39 is 16.6 Å². The Labute approximate surface area is 129 Å². The molecule has 0 aliphatic carbocycles. The van der Waals surface area contributed by atoms with E-state index in [1.807, 2.05) is 0 Å². The molecular formula is C10H9Cl2N3O3S2. The highest BCUT2D eigenvalue weighted by molar-refractivity contribution is 7.93. The van der Waals surface area contributed by atoms with Crippen LogP contribution in [0.15, 0.2) is 17.0 Å². The summed E-state index contributed by atoms with van der Waals surface area (Å²) in [4.78, 5) is -0.180. The highest BCUT2D eigenvalue weighted by Crippen LogP contribution is 2.30. The van der Waals surface area contributed by atoms with Crippen LogP contribution < -0.4 is 4.72 Å². The van der Waals surface area contributed by atoms with Gasteiger partial charge in [-0.3, -0.25) is 4.72 Å². The summed E-state index contributed by atoms with van der Waals surface area (Å²) in [7, 11) is -3.92. The van der Waals surface area contributed by atoms with Gasteiger partial charge in [-0.15, -0.1) is 10.2 Å². The number of benzene rings is 1. The smallest absolute Gasteiger partial charge is 0.265 e. The van der Waals surface area contributed by atoms with Crippen molar-refractivity contribution < 1.29 is 13.5 Å². The number of hydrogen-bond donors (Lipinski definition) is 2. The van der Waals surface area contributed by atoms with Gasteiger partial charge in [0, 0.05) is 5.02 Å². The van der Waals surface area contributed by atoms with Gasteiger partial charge >= 0.3 is 0 Å². The summed E-state index contributed by atoms with van der Waals surface area (Å²) in [5.41, 5.74) is 0.268. The van der Waals surface area contributed by atoms with Crippen molar-refractivity contribution in [3.8, 4) is 0 Å². The molecule has 1 aromatic heterocycles. The van der Waals surface area contributed by atoms with E-state index in [-0.39, 0.29) is 25.6 Å². The van der Waals surface area contributed by atoms with E-state index in [1.54, 1.807) is 6.92 Å². The van der Waals surface area contributed by atoms with Crippen molar-refractivity contribution in [2.24, 2.45) is 0 Å². The minimum atomic E-state index is -3.92. The summed E-state index contributed by atoms with van der Waals surface area (Å²) in [6.45, 7) is 1.31. The summed E-state index contributed by atoms with van der Waals surface area (Å²) in [6.07, 6.45) is 0. The SMILES string of the molecule is Cc1nnc(NS(=O)(=O)c2cc(CO)c(Cl)cc2Cl)s1. The van der Waals surface area contributed by atoms with Crippen molar-refractivity contribution in [1.29, 1.82) is 0 Å². The van der Waals surface area contributed by atoms with Gasteiger partial charge in [0.1, 0.15) is 9.90 Å². The molecule has 20 heavy (non-hydrogen) atoms. The third-order valence-electron chi connectivity index (χ3n) is 2.31. The molecule has 0 unspecified atom stereocenters. The van der Waals surface area contributed by atoms with Crippen LogP contribution in [-0.4, -0.2) is 23.7 Å². The Hall–Kier alpha value is -0.930. The first-order chi connectivity index (χ1) is 9.33. The predicted molar refractivity (Wildman–Crippen MR) is 77.8 cm³/mol. The molecular weight excluding hydrogens is 345 g/mol. The van der Waals surface area contributed by atoms with Gasteiger partial charge < -0.3 is 5.11 Å². The lowest BCUT2D eigenvalue weighted by Gasteiger charge is -2.09. The number of hydrogen-bond acceptors (Lipinski definition) is 6. The lowest BCUT2D eigenvalue weighted by molar-refractivity contribution is 0.281. The molecule has 10 heteroatoms. The normalized spacial score (nSPS) is 11.6. The van der Waals surface area contributed by atoms with Gasteiger partial charge in [-0.2, -0.15) is 0 Å². The van der Waals surface area contributed by atoms with E-state index in [1.165, 1.54) is 12.1 Å². The van der Waals surface area contributed by atoms with Crippen LogP contribution in [0.4, 0.5) is 5.13 Å². The second-order valence-electron chi connectivity index (χ2n) is 3.76. The zero-order valence-electron chi connectivity index (χ0n) is 10.1. The minimum Gasteiger partial charge on any atom is -0.392 e. The molecule has 0 radical (unpaired) electrons. The van der Waals surface area contributed by atoms with Crippen molar-refractivity contribution in [2.45, 2.75) is 18.4 Å². The molecule has 0 fully saturated rings. The average molecular weight is 354 g/mol. The van der Waals surface area contributed by atoms with Crippen LogP contribution in [-0.2, 0) is 16.6 Å². The van der Waals surface area contributed by atoms with Crippen LogP contribution in [0.2, 0.25) is 10.0 Å². The minimum absolute atomic E-state index is 0.0408. The molecule has 0 saturated heterocycles. The molecule has 108 valence electrons. The second-order valence-corrected chi connectivity index (χ2v) is 7.41. The number of aliphatic hydroxyl groups is 1. The summed E-state index contributed by atoms with van der Waals surface area (Å²) < 4.78 is 26.7. The molecule has 0 spiro atoms. The van der Waals surface area contributed by atoms with Gasteiger partial charge in [0.15, 0.2) is 0 Å². The second kappa shape index (κ2) is 5.82. The Morgan fingerprint density at radius 2 is 2.00 bits per heavy atom. The fourth-order valence-corrected chi connectivity index (χ4v) is 4.09. The van der Waals surface area contributed by atoms with E-state index in [0.717, 1.165) is 11.3 Å². The molecule has 0 bridgehead atoms. The van der Waals surface area contributed by atoms with Gasteiger partial charge in [-0.1, -0.05) is 34.5 Å². The van der Waals surface area contributed by atoms with E-state index in [0.29, 0.717) is 5.01 Å². The maximum Gasteiger partial charge on any atom is 0.265 e. The topological polar surface area (TPSA) is 92.2 Å². The lowest BCUT2D eigenvalue weighted by atomic mass is 10.2. The molecule has 2 aromatic rings. The first kappa shape index (κ1) is 15.5. The van der Waals surface area contributed by atoms with Crippen LogP contribution in [0.3, 0.4) is 0 Å². The molecule has 0 aliphatic heterocycles. The Balaban J connectivity index is 2.43. The maximum absolute atomic E-state index is 12.2. The molecule has 0 aliphatic rings. The standard InChI is InChI=1S/C10H9Cl2N3O3S2/c1-5-13-14-10(19-5)15-20(17,18)9-2-6(4-16)7(11)3-8(9)12/h2-3,16H,4H2,1H3,(H,14,15). The van der Waals surface area contributed by atoms with E-state index >= 15 is 0 Å². The maximum atomic E-state index is 12.2. The van der Waals surface area contributed by atoms with Crippen molar-refractivity contribution in [3.05, 3.63) is 32.7 Å². The molecule has 1 aromatic carbocycles. The van der Waals surface area contributed by atoms with Crippen molar-refractivity contribution in [1.82, 2.24) is 10.2 Å². The molecule has 1 heterocycles. The molecule has 0 atom stereocenters. The highest BCUT2D eigenvalue weighted by Gasteiger charge is 2.21. The van der Waals surface area contributed by atoms with Gasteiger partial charge in [0.05, 0.1) is 11.6 Å². The van der Waals surface area contributed by atoms with Gasteiger partial charge in [-0.05, 0) is 24.6 Å². The van der Waals surface area contributed by atoms with Crippen LogP contribution in [0.5, 0.6) is 0 Å². The van der Waals surface area contributed by atoms with Gasteiger partial charge in [0.2, 0.25) is 5.13 Å². The number of nitrogens with one attached hydrogen (secondary N) is 1. The highest BCUT2D eigenvalue weighted by atomic mass is 35.5. The average Bonchev–Trinajstić information content (AvgIpc) is 2.73. The fraction of sp³-hybridized carbons (Fsp3) is 0.200. The quantitative estimate of drug-likeness (QED) is 0.880. The van der Waals surface area contributed by atoms with Crippen LogP contribution in [0.25, 0.3) is 0 Å². The Kier molecular flexibility index (Phi) is 4.50. The molecule has 2 rings (SSSR count). The van der Waals surface area contributed by atoms with Crippen molar-refractivity contribution >= 4 is 49.7 Å². The lowest BCUT2D eigenvalue weighted by Crippen LogP contribution is -2.14. The number of aliphatic hydroxyl groups excluding tert-OH is 1. The molecule has 6 nitrogen and oxygen atoms in total. The van der Waals surface area contributed by atoms with Crippen LogP contribution >= 0.6 is 34.5 Å². The number of nitrogens with zero attached hydrogens (tertiary/aromatic N) is 2. The molecule has 2 N–H and O–H groups in total. The van der Waals surface area contributed by atoms with E-state index in [4.69, 9.17) is 28.3 Å². The number of rotatable bonds is 4. The zero-order valence-corrected chi connectivity index (χ0v) is 13.2. The number of aromatic nitrogens is 2. The van der Waals surface area contributed by atoms with Gasteiger partial charge in [-0.25, -0.2) is 8.42 Å². The third kappa shape index (κ3) is 3.21. The van der Waals surface area contributed by atoms with Crippen molar-refractivity contribution in [2.75, 3.05) is 4.72 Å². The van der Waals surface area contributed by atoms with E-state index in [9.17, 15) is 8.42 Å². The summed E-state index contributed by atoms with van der Waals surface area (Å²) in [5, 5.41) is 17.4. The molecule has 0 amide bonds. The zero-order chi connectivity index (χ0) is 14.9. The first-order valence-electron chi connectivity index (χ1n) is 5.25. The van der Waals surface area contributed by atoms with Crippen molar-refractivity contribution in [3.63, 3.8) is 0 Å². The third-order valence-corrected chi connectivity index (χ3v) is 5.35. The summed E-state index contributed by atoms with van der Waals surface area (Å²) in [5.74, 6) is 0. The number of aryl methyl sites for hydroxylation is 1. The Morgan fingerprint density at radius 3 is 2.55 bits per heavy atom. The largest absolute Gasteiger partial charge is 0.392 e. The fourth-order valence-electron chi connectivity index (χ4n) is 1.41. The number of anilines is 1.